The molecular weight excluding hydrogens is 213 g/mol. The molecule has 2 N–H and O–H groups in total. The molecule has 0 aliphatic heterocycles. The first-order valence-electron chi connectivity index (χ1n) is 4.80. The van der Waals surface area contributed by atoms with Crippen LogP contribution in [0.1, 0.15) is 17.5 Å². The molecule has 0 fully saturated rings. The van der Waals surface area contributed by atoms with Crippen LogP contribution in [0.15, 0.2) is 18.2 Å². The number of aryl methyl sites for hydroxylation is 1. The van der Waals surface area contributed by atoms with Crippen LogP contribution < -0.4 is 5.73 Å². The van der Waals surface area contributed by atoms with Crippen LogP contribution >= 0.6 is 0 Å². The van der Waals surface area contributed by atoms with E-state index in [4.69, 9.17) is 10.5 Å². The van der Waals surface area contributed by atoms with Gasteiger partial charge in [0.2, 0.25) is 5.60 Å². The Morgan fingerprint density at radius 3 is 2.94 bits per heavy atom. The van der Waals surface area contributed by atoms with Gasteiger partial charge in [-0.25, -0.2) is 4.39 Å². The molecule has 0 heterocycles. The van der Waals surface area contributed by atoms with Gasteiger partial charge in [0.15, 0.2) is 0 Å². The fourth-order valence-electron chi connectivity index (χ4n) is 2.13. The van der Waals surface area contributed by atoms with Gasteiger partial charge in [-0.2, -0.15) is 0 Å². The number of primary amides is 1. The third-order valence-electron chi connectivity index (χ3n) is 2.90. The summed E-state index contributed by atoms with van der Waals surface area (Å²) in [5.74, 6) is -1.12. The summed E-state index contributed by atoms with van der Waals surface area (Å²) in [7, 11) is 0. The van der Waals surface area contributed by atoms with Crippen molar-refractivity contribution in [3.05, 3.63) is 35.1 Å². The second-order valence-electron chi connectivity index (χ2n) is 3.71. The van der Waals surface area contributed by atoms with Gasteiger partial charge in [-0.1, -0.05) is 6.07 Å². The summed E-state index contributed by atoms with van der Waals surface area (Å²) in [5.41, 5.74) is 4.96. The van der Waals surface area contributed by atoms with Crippen LogP contribution in [-0.4, -0.2) is 12.4 Å². The third-order valence-corrected chi connectivity index (χ3v) is 2.90. The van der Waals surface area contributed by atoms with E-state index in [0.717, 1.165) is 0 Å². The molecule has 1 aromatic carbocycles. The van der Waals surface area contributed by atoms with E-state index in [9.17, 15) is 14.0 Å². The average molecular weight is 223 g/mol. The van der Waals surface area contributed by atoms with E-state index in [1.165, 1.54) is 18.2 Å². The van der Waals surface area contributed by atoms with Gasteiger partial charge in [0, 0.05) is 12.0 Å². The summed E-state index contributed by atoms with van der Waals surface area (Å²) in [5, 5.41) is 0. The molecule has 5 heteroatoms. The predicted octanol–water partition coefficient (Wildman–Crippen LogP) is 0.625. The van der Waals surface area contributed by atoms with Crippen LogP contribution in [0.2, 0.25) is 0 Å². The Bertz CT molecular complexity index is 461. The minimum absolute atomic E-state index is 0.198. The van der Waals surface area contributed by atoms with Crippen molar-refractivity contribution in [2.75, 3.05) is 0 Å². The maximum atomic E-state index is 13.0. The zero-order valence-electron chi connectivity index (χ0n) is 8.40. The number of fused-ring (bicyclic) bond motifs is 1. The summed E-state index contributed by atoms with van der Waals surface area (Å²) in [6, 6.07) is 3.98. The third kappa shape index (κ3) is 1.36. The Morgan fingerprint density at radius 1 is 1.56 bits per heavy atom. The van der Waals surface area contributed by atoms with Crippen LogP contribution in [0.5, 0.6) is 0 Å². The lowest BCUT2D eigenvalue weighted by Crippen LogP contribution is -2.41. The number of amides is 1. The molecule has 0 aromatic heterocycles. The maximum Gasteiger partial charge on any atom is 0.294 e. The van der Waals surface area contributed by atoms with E-state index in [0.29, 0.717) is 17.5 Å². The second-order valence-corrected chi connectivity index (χ2v) is 3.71. The van der Waals surface area contributed by atoms with Crippen LogP contribution in [-0.2, 0) is 26.3 Å². The molecule has 0 spiro atoms. The van der Waals surface area contributed by atoms with Crippen molar-refractivity contribution in [3.8, 4) is 0 Å². The molecule has 2 rings (SSSR count). The van der Waals surface area contributed by atoms with Crippen molar-refractivity contribution >= 4 is 12.4 Å². The highest BCUT2D eigenvalue weighted by Crippen LogP contribution is 2.39. The van der Waals surface area contributed by atoms with Gasteiger partial charge in [-0.05, 0) is 24.1 Å². The molecule has 0 radical (unpaired) electrons. The van der Waals surface area contributed by atoms with E-state index in [2.05, 4.69) is 0 Å². The number of hydrogen-bond acceptors (Lipinski definition) is 3. The Kier molecular flexibility index (Phi) is 2.38. The summed E-state index contributed by atoms with van der Waals surface area (Å²) in [6.07, 6.45) is 0.726. The first-order chi connectivity index (χ1) is 7.60. The molecule has 4 nitrogen and oxygen atoms in total. The Labute approximate surface area is 91.2 Å². The van der Waals surface area contributed by atoms with Gasteiger partial charge in [0.05, 0.1) is 0 Å². The predicted molar refractivity (Wildman–Crippen MR) is 52.7 cm³/mol. The van der Waals surface area contributed by atoms with Gasteiger partial charge >= 0.3 is 0 Å². The molecule has 1 aromatic rings. The SMILES string of the molecule is NC(=O)C1(OC=O)CCc2cc(F)ccc21. The van der Waals surface area contributed by atoms with E-state index >= 15 is 0 Å². The van der Waals surface area contributed by atoms with E-state index < -0.39 is 11.5 Å². The van der Waals surface area contributed by atoms with Gasteiger partial charge in [-0.15, -0.1) is 0 Å². The lowest BCUT2D eigenvalue weighted by molar-refractivity contribution is -0.157. The normalized spacial score (nSPS) is 22.6. The summed E-state index contributed by atoms with van der Waals surface area (Å²) >= 11 is 0. The standard InChI is InChI=1S/C11H10FNO3/c12-8-1-2-9-7(5-8)3-4-11(9,10(13)15)16-6-14/h1-2,5-6H,3-4H2,(H2,13,15). The van der Waals surface area contributed by atoms with Crippen molar-refractivity contribution in [1.82, 2.24) is 0 Å². The van der Waals surface area contributed by atoms with Gasteiger partial charge in [0.25, 0.3) is 12.4 Å². The largest absolute Gasteiger partial charge is 0.446 e. The highest BCUT2D eigenvalue weighted by Gasteiger charge is 2.46. The minimum Gasteiger partial charge on any atom is -0.446 e. The second kappa shape index (κ2) is 3.59. The van der Waals surface area contributed by atoms with Crippen molar-refractivity contribution in [2.45, 2.75) is 18.4 Å². The number of ether oxygens (including phenoxy) is 1. The molecule has 0 saturated carbocycles. The van der Waals surface area contributed by atoms with E-state index in [1.807, 2.05) is 0 Å². The Hall–Kier alpha value is -1.91. The summed E-state index contributed by atoms with van der Waals surface area (Å²) in [4.78, 5) is 21.8. The highest BCUT2D eigenvalue weighted by molar-refractivity contribution is 5.87. The van der Waals surface area contributed by atoms with Crippen molar-refractivity contribution in [3.63, 3.8) is 0 Å². The van der Waals surface area contributed by atoms with Gasteiger partial charge in [-0.3, -0.25) is 9.59 Å². The lowest BCUT2D eigenvalue weighted by Gasteiger charge is -2.24. The molecule has 16 heavy (non-hydrogen) atoms. The molecule has 1 aliphatic rings. The molecule has 0 bridgehead atoms. The maximum absolute atomic E-state index is 13.0. The monoisotopic (exact) mass is 223 g/mol. The number of rotatable bonds is 3. The van der Waals surface area contributed by atoms with Crippen molar-refractivity contribution < 1.29 is 18.7 Å². The van der Waals surface area contributed by atoms with E-state index in [1.54, 1.807) is 0 Å². The van der Waals surface area contributed by atoms with Crippen molar-refractivity contribution in [2.24, 2.45) is 5.73 Å². The van der Waals surface area contributed by atoms with Gasteiger partial charge < -0.3 is 10.5 Å². The summed E-state index contributed by atoms with van der Waals surface area (Å²) in [6.45, 7) is 0.198. The topological polar surface area (TPSA) is 69.4 Å². The molecular formula is C11H10FNO3. The number of hydrogen-bond donors (Lipinski definition) is 1. The molecule has 0 saturated heterocycles. The van der Waals surface area contributed by atoms with Crippen molar-refractivity contribution in [1.29, 1.82) is 0 Å². The zero-order valence-corrected chi connectivity index (χ0v) is 8.40. The van der Waals surface area contributed by atoms with Crippen LogP contribution in [0.4, 0.5) is 4.39 Å². The molecule has 1 amide bonds. The Morgan fingerprint density at radius 2 is 2.31 bits per heavy atom. The number of carbonyl (C=O) groups excluding carboxylic acids is 2. The average Bonchev–Trinajstić information content (AvgIpc) is 2.58. The number of nitrogens with two attached hydrogens (primary N) is 1. The Balaban J connectivity index is 2.54. The quantitative estimate of drug-likeness (QED) is 0.764. The zero-order chi connectivity index (χ0) is 11.8. The fraction of sp³-hybridized carbons (Fsp3) is 0.273. The van der Waals surface area contributed by atoms with Crippen LogP contribution in [0.25, 0.3) is 0 Å². The van der Waals surface area contributed by atoms with E-state index in [-0.39, 0.29) is 18.7 Å². The van der Waals surface area contributed by atoms with Gasteiger partial charge in [0.1, 0.15) is 5.82 Å². The number of halogens is 1. The molecule has 1 unspecified atom stereocenters. The molecule has 1 atom stereocenters. The smallest absolute Gasteiger partial charge is 0.294 e. The number of benzene rings is 1. The summed E-state index contributed by atoms with van der Waals surface area (Å²) < 4.78 is 17.8. The lowest BCUT2D eigenvalue weighted by atomic mass is 9.95. The highest BCUT2D eigenvalue weighted by atomic mass is 19.1. The minimum atomic E-state index is -1.43. The molecule has 84 valence electrons. The van der Waals surface area contributed by atoms with Crippen LogP contribution in [0.3, 0.4) is 0 Å². The molecule has 1 aliphatic carbocycles. The fourth-order valence-corrected chi connectivity index (χ4v) is 2.13. The number of carbonyl (C=O) groups is 2. The first-order valence-corrected chi connectivity index (χ1v) is 4.80. The first kappa shape index (κ1) is 10.6. The van der Waals surface area contributed by atoms with Crippen LogP contribution in [0, 0.1) is 5.82 Å².